The zero-order valence-corrected chi connectivity index (χ0v) is 15.0. The van der Waals surface area contributed by atoms with Crippen LogP contribution in [0.2, 0.25) is 0 Å². The molecule has 7 heteroatoms. The third-order valence-corrected chi connectivity index (χ3v) is 4.34. The molecule has 3 rings (SSSR count). The van der Waals surface area contributed by atoms with Crippen LogP contribution in [0.25, 0.3) is 0 Å². The fraction of sp³-hybridized carbons (Fsp3) is 0.350. The fourth-order valence-electron chi connectivity index (χ4n) is 2.90. The number of carbonyl (C=O) groups is 1. The first-order chi connectivity index (χ1) is 13.1. The van der Waals surface area contributed by atoms with E-state index in [1.54, 1.807) is 23.1 Å². The molecule has 5 nitrogen and oxygen atoms in total. The third-order valence-electron chi connectivity index (χ3n) is 4.34. The van der Waals surface area contributed by atoms with Gasteiger partial charge in [0.2, 0.25) is 0 Å². The molecule has 0 spiro atoms. The molecule has 0 N–H and O–H groups in total. The second kappa shape index (κ2) is 8.92. The van der Waals surface area contributed by atoms with Crippen LogP contribution in [-0.2, 0) is 16.1 Å². The SMILES string of the molecule is COc1cc(C(=O)N2CCOC(COCc3ccccc3F)C2)ccc1F. The van der Waals surface area contributed by atoms with Gasteiger partial charge < -0.3 is 19.1 Å². The van der Waals surface area contributed by atoms with E-state index in [2.05, 4.69) is 0 Å². The molecule has 1 atom stereocenters. The average molecular weight is 377 g/mol. The van der Waals surface area contributed by atoms with Crippen LogP contribution in [0, 0.1) is 11.6 Å². The Hall–Kier alpha value is -2.51. The van der Waals surface area contributed by atoms with Crippen molar-refractivity contribution in [3.63, 3.8) is 0 Å². The van der Waals surface area contributed by atoms with Crippen molar-refractivity contribution >= 4 is 5.91 Å². The predicted octanol–water partition coefficient (Wildman–Crippen LogP) is 3.03. The van der Waals surface area contributed by atoms with Gasteiger partial charge in [-0.3, -0.25) is 4.79 Å². The lowest BCUT2D eigenvalue weighted by Crippen LogP contribution is -2.47. The van der Waals surface area contributed by atoms with Gasteiger partial charge in [0.15, 0.2) is 11.6 Å². The Labute approximate surface area is 156 Å². The minimum absolute atomic E-state index is 0.0267. The van der Waals surface area contributed by atoms with Gasteiger partial charge in [0.25, 0.3) is 5.91 Å². The summed E-state index contributed by atoms with van der Waals surface area (Å²) in [7, 11) is 1.35. The molecule has 1 aliphatic rings. The van der Waals surface area contributed by atoms with E-state index >= 15 is 0 Å². The number of amides is 1. The Balaban J connectivity index is 1.56. The van der Waals surface area contributed by atoms with Crippen molar-refractivity contribution in [2.24, 2.45) is 0 Å². The van der Waals surface area contributed by atoms with Crippen molar-refractivity contribution < 1.29 is 27.8 Å². The number of carbonyl (C=O) groups excluding carboxylic acids is 1. The van der Waals surface area contributed by atoms with E-state index in [0.717, 1.165) is 0 Å². The molecule has 144 valence electrons. The van der Waals surface area contributed by atoms with Crippen LogP contribution in [0.3, 0.4) is 0 Å². The Morgan fingerprint density at radius 1 is 1.22 bits per heavy atom. The van der Waals surface area contributed by atoms with Crippen molar-refractivity contribution in [2.75, 3.05) is 33.4 Å². The summed E-state index contributed by atoms with van der Waals surface area (Å²) >= 11 is 0. The number of benzene rings is 2. The standard InChI is InChI=1S/C20H21F2NO4/c1-25-19-10-14(6-7-18(19)22)20(24)23-8-9-27-16(11-23)13-26-12-15-4-2-3-5-17(15)21/h2-7,10,16H,8-9,11-13H2,1H3. The van der Waals surface area contributed by atoms with E-state index < -0.39 is 5.82 Å². The summed E-state index contributed by atoms with van der Waals surface area (Å²) in [6.07, 6.45) is -0.309. The van der Waals surface area contributed by atoms with E-state index in [-0.39, 0.29) is 36.8 Å². The van der Waals surface area contributed by atoms with Gasteiger partial charge in [-0.15, -0.1) is 0 Å². The molecule has 27 heavy (non-hydrogen) atoms. The van der Waals surface area contributed by atoms with Crippen molar-refractivity contribution in [3.8, 4) is 5.75 Å². The lowest BCUT2D eigenvalue weighted by atomic mass is 10.1. The molecule has 0 aromatic heterocycles. The van der Waals surface area contributed by atoms with Crippen molar-refractivity contribution in [3.05, 3.63) is 65.2 Å². The van der Waals surface area contributed by atoms with Crippen molar-refractivity contribution in [2.45, 2.75) is 12.7 Å². The number of nitrogens with zero attached hydrogens (tertiary/aromatic N) is 1. The Kier molecular flexibility index (Phi) is 6.36. The first kappa shape index (κ1) is 19.3. The molecular formula is C20H21F2NO4. The lowest BCUT2D eigenvalue weighted by Gasteiger charge is -2.33. The smallest absolute Gasteiger partial charge is 0.254 e. The molecular weight excluding hydrogens is 356 g/mol. The minimum Gasteiger partial charge on any atom is -0.494 e. The maximum atomic E-state index is 13.6. The van der Waals surface area contributed by atoms with Crippen molar-refractivity contribution in [1.29, 1.82) is 0 Å². The average Bonchev–Trinajstić information content (AvgIpc) is 2.69. The summed E-state index contributed by atoms with van der Waals surface area (Å²) in [6, 6.07) is 10.4. The molecule has 1 amide bonds. The maximum Gasteiger partial charge on any atom is 0.254 e. The lowest BCUT2D eigenvalue weighted by molar-refractivity contribution is -0.0650. The topological polar surface area (TPSA) is 48.0 Å². The van der Waals surface area contributed by atoms with Gasteiger partial charge in [0.05, 0.1) is 33.0 Å². The van der Waals surface area contributed by atoms with Crippen LogP contribution in [0.1, 0.15) is 15.9 Å². The van der Waals surface area contributed by atoms with Crippen LogP contribution in [-0.4, -0.2) is 50.3 Å². The number of morpholine rings is 1. The minimum atomic E-state index is -0.518. The predicted molar refractivity (Wildman–Crippen MR) is 94.7 cm³/mol. The van der Waals surface area contributed by atoms with Gasteiger partial charge in [-0.25, -0.2) is 8.78 Å². The number of ether oxygens (including phenoxy) is 3. The van der Waals surface area contributed by atoms with Crippen LogP contribution in [0.5, 0.6) is 5.75 Å². The number of hydrogen-bond donors (Lipinski definition) is 0. The van der Waals surface area contributed by atoms with E-state index in [9.17, 15) is 13.6 Å². The zero-order valence-electron chi connectivity index (χ0n) is 15.0. The van der Waals surface area contributed by atoms with Crippen LogP contribution in [0.4, 0.5) is 8.78 Å². The first-order valence-electron chi connectivity index (χ1n) is 8.64. The Bertz CT molecular complexity index is 799. The van der Waals surface area contributed by atoms with E-state index in [4.69, 9.17) is 14.2 Å². The molecule has 0 saturated carbocycles. The van der Waals surface area contributed by atoms with Gasteiger partial charge >= 0.3 is 0 Å². The quantitative estimate of drug-likeness (QED) is 0.777. The highest BCUT2D eigenvalue weighted by atomic mass is 19.1. The second-order valence-corrected chi connectivity index (χ2v) is 6.20. The summed E-state index contributed by atoms with van der Waals surface area (Å²) in [5.41, 5.74) is 0.820. The van der Waals surface area contributed by atoms with Gasteiger partial charge in [-0.2, -0.15) is 0 Å². The van der Waals surface area contributed by atoms with Gasteiger partial charge in [-0.05, 0) is 24.3 Å². The molecule has 1 saturated heterocycles. The molecule has 0 aliphatic carbocycles. The number of hydrogen-bond acceptors (Lipinski definition) is 4. The molecule has 1 heterocycles. The molecule has 1 fully saturated rings. The molecule has 1 unspecified atom stereocenters. The molecule has 1 aliphatic heterocycles. The van der Waals surface area contributed by atoms with Crippen molar-refractivity contribution in [1.82, 2.24) is 4.90 Å². The third kappa shape index (κ3) is 4.81. The van der Waals surface area contributed by atoms with E-state index in [1.165, 1.54) is 31.4 Å². The van der Waals surface area contributed by atoms with Crippen LogP contribution >= 0.6 is 0 Å². The van der Waals surface area contributed by atoms with Gasteiger partial charge in [0.1, 0.15) is 5.82 Å². The fourth-order valence-corrected chi connectivity index (χ4v) is 2.90. The zero-order chi connectivity index (χ0) is 19.2. The Morgan fingerprint density at radius 3 is 2.81 bits per heavy atom. The largest absolute Gasteiger partial charge is 0.494 e. The molecule has 2 aromatic rings. The Morgan fingerprint density at radius 2 is 2.04 bits per heavy atom. The molecule has 2 aromatic carbocycles. The highest BCUT2D eigenvalue weighted by molar-refractivity contribution is 5.94. The number of methoxy groups -OCH3 is 1. The summed E-state index contributed by atoms with van der Waals surface area (Å²) in [5, 5.41) is 0. The second-order valence-electron chi connectivity index (χ2n) is 6.20. The van der Waals surface area contributed by atoms with E-state index in [0.29, 0.717) is 30.8 Å². The van der Waals surface area contributed by atoms with Gasteiger partial charge in [0, 0.05) is 24.2 Å². The summed E-state index contributed by atoms with van der Waals surface area (Å²) < 4.78 is 43.2. The summed E-state index contributed by atoms with van der Waals surface area (Å²) in [5.74, 6) is -1.03. The normalized spacial score (nSPS) is 17.0. The maximum absolute atomic E-state index is 13.6. The number of halogens is 2. The first-order valence-corrected chi connectivity index (χ1v) is 8.64. The van der Waals surface area contributed by atoms with E-state index in [1.807, 2.05) is 0 Å². The molecule has 0 bridgehead atoms. The highest BCUT2D eigenvalue weighted by Crippen LogP contribution is 2.20. The van der Waals surface area contributed by atoms with Crippen LogP contribution < -0.4 is 4.74 Å². The molecule has 0 radical (unpaired) electrons. The van der Waals surface area contributed by atoms with Gasteiger partial charge in [-0.1, -0.05) is 18.2 Å². The number of rotatable bonds is 6. The monoisotopic (exact) mass is 377 g/mol. The summed E-state index contributed by atoms with van der Waals surface area (Å²) in [6.45, 7) is 1.52. The summed E-state index contributed by atoms with van der Waals surface area (Å²) in [4.78, 5) is 14.3. The highest BCUT2D eigenvalue weighted by Gasteiger charge is 2.26. The van der Waals surface area contributed by atoms with Crippen LogP contribution in [0.15, 0.2) is 42.5 Å².